The van der Waals surface area contributed by atoms with Crippen molar-refractivity contribution in [3.8, 4) is 0 Å². The van der Waals surface area contributed by atoms with Crippen LogP contribution < -0.4 is 5.32 Å². The van der Waals surface area contributed by atoms with Gasteiger partial charge >= 0.3 is 0 Å². The predicted octanol–water partition coefficient (Wildman–Crippen LogP) is 3.65. The Balaban J connectivity index is 1.96. The minimum Gasteiger partial charge on any atom is -0.347 e. The lowest BCUT2D eigenvalue weighted by Crippen LogP contribution is -2.22. The average molecular weight is 369 g/mol. The van der Waals surface area contributed by atoms with Crippen molar-refractivity contribution < 1.29 is 4.79 Å². The Hall–Kier alpha value is -1.59. The van der Waals surface area contributed by atoms with Crippen LogP contribution in [0.15, 0.2) is 41.0 Å². The van der Waals surface area contributed by atoms with E-state index in [1.54, 1.807) is 18.3 Å². The fourth-order valence-electron chi connectivity index (χ4n) is 1.84. The fraction of sp³-hybridized carbons (Fsp3) is 0.200. The molecule has 0 aliphatic rings. The van der Waals surface area contributed by atoms with Gasteiger partial charge in [-0.15, -0.1) is 0 Å². The van der Waals surface area contributed by atoms with Crippen LogP contribution in [-0.4, -0.2) is 15.7 Å². The number of aromatic nitrogens is 2. The van der Waals surface area contributed by atoms with Crippen LogP contribution in [0.2, 0.25) is 5.02 Å². The Morgan fingerprint density at radius 3 is 2.95 bits per heavy atom. The van der Waals surface area contributed by atoms with E-state index in [1.807, 2.05) is 29.8 Å². The molecule has 4 nitrogen and oxygen atoms in total. The highest BCUT2D eigenvalue weighted by Gasteiger charge is 2.08. The van der Waals surface area contributed by atoms with Crippen molar-refractivity contribution in [3.05, 3.63) is 57.3 Å². The lowest BCUT2D eigenvalue weighted by molar-refractivity contribution is -0.116. The van der Waals surface area contributed by atoms with E-state index < -0.39 is 0 Å². The molecule has 21 heavy (non-hydrogen) atoms. The molecule has 0 unspecified atom stereocenters. The first-order chi connectivity index (χ1) is 10.1. The molecular formula is C15H15BrClN3O. The topological polar surface area (TPSA) is 46.9 Å². The largest absolute Gasteiger partial charge is 0.347 e. The number of hydrogen-bond acceptors (Lipinski definition) is 2. The SMILES string of the molecule is CCn1ncc(Br)c1CNC(=O)/C=C/c1ccccc1Cl. The summed E-state index contributed by atoms with van der Waals surface area (Å²) in [7, 11) is 0. The van der Waals surface area contributed by atoms with Crippen LogP contribution in [0.1, 0.15) is 18.2 Å². The Bertz CT molecular complexity index is 667. The summed E-state index contributed by atoms with van der Waals surface area (Å²) in [6, 6.07) is 7.37. The predicted molar refractivity (Wildman–Crippen MR) is 87.9 cm³/mol. The maximum atomic E-state index is 11.8. The maximum absolute atomic E-state index is 11.8. The number of carbonyl (C=O) groups is 1. The minimum absolute atomic E-state index is 0.175. The van der Waals surface area contributed by atoms with Gasteiger partial charge in [0.25, 0.3) is 0 Å². The molecule has 0 saturated heterocycles. The van der Waals surface area contributed by atoms with Gasteiger partial charge in [-0.2, -0.15) is 5.10 Å². The molecule has 0 spiro atoms. The molecule has 0 aliphatic carbocycles. The number of carbonyl (C=O) groups excluding carboxylic acids is 1. The number of rotatable bonds is 5. The second-order valence-corrected chi connectivity index (χ2v) is 5.59. The lowest BCUT2D eigenvalue weighted by Gasteiger charge is -2.06. The number of hydrogen-bond donors (Lipinski definition) is 1. The molecule has 0 fully saturated rings. The summed E-state index contributed by atoms with van der Waals surface area (Å²) in [6.45, 7) is 3.18. The van der Waals surface area contributed by atoms with Gasteiger partial charge < -0.3 is 5.32 Å². The van der Waals surface area contributed by atoms with Crippen LogP contribution in [0.5, 0.6) is 0 Å². The Kier molecular flexibility index (Phi) is 5.59. The highest BCUT2D eigenvalue weighted by molar-refractivity contribution is 9.10. The lowest BCUT2D eigenvalue weighted by atomic mass is 10.2. The zero-order valence-electron chi connectivity index (χ0n) is 11.5. The Morgan fingerprint density at radius 2 is 2.24 bits per heavy atom. The molecule has 1 amide bonds. The molecule has 2 rings (SSSR count). The molecule has 0 radical (unpaired) electrons. The summed E-state index contributed by atoms with van der Waals surface area (Å²) >= 11 is 9.45. The van der Waals surface area contributed by atoms with Crippen LogP contribution >= 0.6 is 27.5 Å². The molecule has 1 aromatic heterocycles. The van der Waals surface area contributed by atoms with Crippen LogP contribution in [0, 0.1) is 0 Å². The molecule has 1 heterocycles. The minimum atomic E-state index is -0.175. The van der Waals surface area contributed by atoms with Crippen LogP contribution in [0.25, 0.3) is 6.08 Å². The van der Waals surface area contributed by atoms with Crippen LogP contribution in [0.3, 0.4) is 0 Å². The molecule has 1 N–H and O–H groups in total. The van der Waals surface area contributed by atoms with Gasteiger partial charge in [-0.1, -0.05) is 29.8 Å². The van der Waals surface area contributed by atoms with E-state index in [9.17, 15) is 4.79 Å². The van der Waals surface area contributed by atoms with Gasteiger partial charge in [0.15, 0.2) is 0 Å². The van der Waals surface area contributed by atoms with E-state index in [0.717, 1.165) is 22.3 Å². The van der Waals surface area contributed by atoms with Crippen LogP contribution in [0.4, 0.5) is 0 Å². The summed E-state index contributed by atoms with van der Waals surface area (Å²) in [5, 5.41) is 7.65. The highest BCUT2D eigenvalue weighted by Crippen LogP contribution is 2.17. The van der Waals surface area contributed by atoms with E-state index >= 15 is 0 Å². The van der Waals surface area contributed by atoms with E-state index in [4.69, 9.17) is 11.6 Å². The number of halogens is 2. The van der Waals surface area contributed by atoms with Crippen molar-refractivity contribution in [1.82, 2.24) is 15.1 Å². The summed E-state index contributed by atoms with van der Waals surface area (Å²) in [5.74, 6) is -0.175. The van der Waals surface area contributed by atoms with Crippen molar-refractivity contribution in [2.75, 3.05) is 0 Å². The quantitative estimate of drug-likeness (QED) is 0.819. The third kappa shape index (κ3) is 4.19. The molecule has 0 saturated carbocycles. The van der Waals surface area contributed by atoms with Crippen molar-refractivity contribution in [2.45, 2.75) is 20.0 Å². The molecule has 0 bridgehead atoms. The third-order valence-electron chi connectivity index (χ3n) is 2.95. The van der Waals surface area contributed by atoms with E-state index in [-0.39, 0.29) is 5.91 Å². The van der Waals surface area contributed by atoms with E-state index in [1.165, 1.54) is 6.08 Å². The molecule has 6 heteroatoms. The van der Waals surface area contributed by atoms with Gasteiger partial charge in [0.05, 0.1) is 22.9 Å². The first-order valence-electron chi connectivity index (χ1n) is 6.52. The second kappa shape index (κ2) is 7.43. The zero-order chi connectivity index (χ0) is 15.2. The van der Waals surface area contributed by atoms with Crippen LogP contribution in [-0.2, 0) is 17.9 Å². The van der Waals surface area contributed by atoms with E-state index in [2.05, 4.69) is 26.3 Å². The fourth-order valence-corrected chi connectivity index (χ4v) is 2.48. The molecule has 0 aliphatic heterocycles. The smallest absolute Gasteiger partial charge is 0.244 e. The Morgan fingerprint density at radius 1 is 1.48 bits per heavy atom. The van der Waals surface area contributed by atoms with Gasteiger partial charge in [0, 0.05) is 17.6 Å². The molecular weight excluding hydrogens is 354 g/mol. The number of benzene rings is 1. The van der Waals surface area contributed by atoms with Crippen molar-refractivity contribution >= 4 is 39.5 Å². The zero-order valence-corrected chi connectivity index (χ0v) is 13.9. The number of nitrogens with one attached hydrogen (secondary N) is 1. The summed E-state index contributed by atoms with van der Waals surface area (Å²) in [6.07, 6.45) is 4.90. The average Bonchev–Trinajstić information content (AvgIpc) is 2.84. The molecule has 2 aromatic rings. The van der Waals surface area contributed by atoms with Gasteiger partial charge in [-0.25, -0.2) is 0 Å². The number of aryl methyl sites for hydroxylation is 1. The summed E-state index contributed by atoms with van der Waals surface area (Å²) in [4.78, 5) is 11.8. The first kappa shape index (κ1) is 15.8. The first-order valence-corrected chi connectivity index (χ1v) is 7.69. The molecule has 1 aromatic carbocycles. The summed E-state index contributed by atoms with van der Waals surface area (Å²) in [5.41, 5.74) is 1.76. The standard InChI is InChI=1S/C15H15BrClN3O/c1-2-20-14(12(16)9-19-20)10-18-15(21)8-7-11-5-3-4-6-13(11)17/h3-9H,2,10H2,1H3,(H,18,21)/b8-7+. The molecule has 110 valence electrons. The second-order valence-electron chi connectivity index (χ2n) is 4.33. The van der Waals surface area contributed by atoms with Crippen molar-refractivity contribution in [1.29, 1.82) is 0 Å². The van der Waals surface area contributed by atoms with E-state index in [0.29, 0.717) is 11.6 Å². The maximum Gasteiger partial charge on any atom is 0.244 e. The highest BCUT2D eigenvalue weighted by atomic mass is 79.9. The van der Waals surface area contributed by atoms with Gasteiger partial charge in [-0.3, -0.25) is 9.48 Å². The van der Waals surface area contributed by atoms with Crippen molar-refractivity contribution in [2.24, 2.45) is 0 Å². The monoisotopic (exact) mass is 367 g/mol. The van der Waals surface area contributed by atoms with Gasteiger partial charge in [0.2, 0.25) is 5.91 Å². The van der Waals surface area contributed by atoms with Gasteiger partial charge in [0.1, 0.15) is 0 Å². The number of nitrogens with zero attached hydrogens (tertiary/aromatic N) is 2. The molecule has 0 atom stereocenters. The van der Waals surface area contributed by atoms with Crippen molar-refractivity contribution in [3.63, 3.8) is 0 Å². The normalized spacial score (nSPS) is 11.0. The Labute approximate surface area is 136 Å². The van der Waals surface area contributed by atoms with Gasteiger partial charge in [-0.05, 0) is 40.6 Å². The number of amides is 1. The third-order valence-corrected chi connectivity index (χ3v) is 3.95. The summed E-state index contributed by atoms with van der Waals surface area (Å²) < 4.78 is 2.72.